The molecular formula is C20H23ClF3N3O2. The Hall–Kier alpha value is -2.58. The molecule has 2 amide bonds. The number of amides is 2. The highest BCUT2D eigenvalue weighted by molar-refractivity contribution is 5.97. The number of nitrogens with one attached hydrogen (secondary N) is 1. The summed E-state index contributed by atoms with van der Waals surface area (Å²) in [4.78, 5) is 25.7. The molecule has 5 nitrogen and oxygen atoms in total. The summed E-state index contributed by atoms with van der Waals surface area (Å²) in [7, 11) is 0. The summed E-state index contributed by atoms with van der Waals surface area (Å²) in [6, 6.07) is 12.0. The van der Waals surface area contributed by atoms with E-state index >= 15 is 0 Å². The molecule has 0 atom stereocenters. The van der Waals surface area contributed by atoms with E-state index < -0.39 is 23.6 Å². The Bertz CT molecular complexity index is 829. The first-order chi connectivity index (χ1) is 13.2. The van der Waals surface area contributed by atoms with Crippen molar-refractivity contribution in [2.24, 2.45) is 5.73 Å². The van der Waals surface area contributed by atoms with Crippen molar-refractivity contribution >= 4 is 29.9 Å². The van der Waals surface area contributed by atoms with Crippen LogP contribution >= 0.6 is 12.4 Å². The molecule has 0 radical (unpaired) electrons. The van der Waals surface area contributed by atoms with Crippen molar-refractivity contribution in [3.05, 3.63) is 65.2 Å². The van der Waals surface area contributed by atoms with Crippen LogP contribution < -0.4 is 11.1 Å². The summed E-state index contributed by atoms with van der Waals surface area (Å²) < 4.78 is 39.7. The number of benzene rings is 2. The number of carbonyl (C=O) groups is 2. The second-order valence-electron chi connectivity index (χ2n) is 6.33. The molecule has 2 rings (SSSR count). The van der Waals surface area contributed by atoms with Gasteiger partial charge < -0.3 is 16.0 Å². The molecule has 0 aliphatic rings. The van der Waals surface area contributed by atoms with Crippen molar-refractivity contribution in [3.63, 3.8) is 0 Å². The highest BCUT2D eigenvalue weighted by Gasteiger charge is 2.32. The number of nitrogens with two attached hydrogens (primary N) is 1. The summed E-state index contributed by atoms with van der Waals surface area (Å²) >= 11 is 0. The number of halogens is 4. The van der Waals surface area contributed by atoms with Gasteiger partial charge in [-0.1, -0.05) is 30.3 Å². The predicted molar refractivity (Wildman–Crippen MR) is 108 cm³/mol. The quantitative estimate of drug-likeness (QED) is 0.696. The Kier molecular flexibility index (Phi) is 9.13. The smallest absolute Gasteiger partial charge is 0.334 e. The van der Waals surface area contributed by atoms with Gasteiger partial charge in [0, 0.05) is 31.3 Å². The summed E-state index contributed by atoms with van der Waals surface area (Å²) in [5.74, 6) is -1.09. The van der Waals surface area contributed by atoms with Crippen LogP contribution in [0.25, 0.3) is 0 Å². The molecule has 0 aliphatic carbocycles. The van der Waals surface area contributed by atoms with Crippen molar-refractivity contribution < 1.29 is 22.8 Å². The van der Waals surface area contributed by atoms with E-state index in [0.717, 1.165) is 17.7 Å². The highest BCUT2D eigenvalue weighted by atomic mass is 35.5. The standard InChI is InChI=1S/C20H22F3N3O2.ClH/c1-14(27)25-18-11-16(10-17(12-18)20(21,22)23)19(28)26(9-5-8-24)13-15-6-3-2-4-7-15;/h2-4,6-7,10-12H,5,8-9,13,24H2,1H3,(H,25,27);1H. The van der Waals surface area contributed by atoms with Crippen molar-refractivity contribution in [1.29, 1.82) is 0 Å². The van der Waals surface area contributed by atoms with Gasteiger partial charge in [-0.05, 0) is 36.7 Å². The average Bonchev–Trinajstić information content (AvgIpc) is 2.64. The molecule has 2 aromatic carbocycles. The Balaban J connectivity index is 0.00000420. The van der Waals surface area contributed by atoms with Gasteiger partial charge in [0.15, 0.2) is 0 Å². The number of hydrogen-bond donors (Lipinski definition) is 2. The lowest BCUT2D eigenvalue weighted by molar-refractivity contribution is -0.137. The molecule has 2 aromatic rings. The van der Waals surface area contributed by atoms with E-state index in [2.05, 4.69) is 5.32 Å². The van der Waals surface area contributed by atoms with E-state index in [0.29, 0.717) is 19.5 Å². The topological polar surface area (TPSA) is 75.4 Å². The van der Waals surface area contributed by atoms with Crippen LogP contribution in [0.4, 0.5) is 18.9 Å². The molecule has 0 spiro atoms. The molecule has 29 heavy (non-hydrogen) atoms. The molecule has 0 saturated heterocycles. The fourth-order valence-corrected chi connectivity index (χ4v) is 2.71. The summed E-state index contributed by atoms with van der Waals surface area (Å²) in [6.07, 6.45) is -4.14. The van der Waals surface area contributed by atoms with Crippen molar-refractivity contribution in [1.82, 2.24) is 4.90 Å². The Labute approximate surface area is 173 Å². The van der Waals surface area contributed by atoms with Crippen LogP contribution in [0.2, 0.25) is 0 Å². The number of nitrogens with zero attached hydrogens (tertiary/aromatic N) is 1. The maximum Gasteiger partial charge on any atom is 0.416 e. The van der Waals surface area contributed by atoms with Crippen molar-refractivity contribution in [2.45, 2.75) is 26.1 Å². The van der Waals surface area contributed by atoms with Crippen LogP contribution in [-0.4, -0.2) is 29.8 Å². The highest BCUT2D eigenvalue weighted by Crippen LogP contribution is 2.32. The minimum Gasteiger partial charge on any atom is -0.334 e. The minimum absolute atomic E-state index is 0. The number of carbonyl (C=O) groups excluding carboxylic acids is 2. The zero-order chi connectivity index (χ0) is 20.7. The van der Waals surface area contributed by atoms with E-state index in [1.807, 2.05) is 30.3 Å². The molecule has 158 valence electrons. The van der Waals surface area contributed by atoms with Crippen LogP contribution in [0.5, 0.6) is 0 Å². The van der Waals surface area contributed by atoms with Gasteiger partial charge >= 0.3 is 6.18 Å². The lowest BCUT2D eigenvalue weighted by Gasteiger charge is -2.24. The fraction of sp³-hybridized carbons (Fsp3) is 0.300. The SMILES string of the molecule is CC(=O)Nc1cc(C(=O)N(CCCN)Cc2ccccc2)cc(C(F)(F)F)c1.Cl. The predicted octanol–water partition coefficient (Wildman–Crippen LogP) is 4.08. The number of hydrogen-bond acceptors (Lipinski definition) is 3. The number of rotatable bonds is 7. The van der Waals surface area contributed by atoms with Crippen LogP contribution in [0, 0.1) is 0 Å². The molecule has 3 N–H and O–H groups in total. The van der Waals surface area contributed by atoms with Gasteiger partial charge in [-0.2, -0.15) is 13.2 Å². The average molecular weight is 430 g/mol. The largest absolute Gasteiger partial charge is 0.416 e. The third-order valence-corrected chi connectivity index (χ3v) is 3.96. The normalized spacial score (nSPS) is 10.8. The zero-order valence-corrected chi connectivity index (χ0v) is 16.6. The maximum absolute atomic E-state index is 13.2. The lowest BCUT2D eigenvalue weighted by atomic mass is 10.1. The maximum atomic E-state index is 13.2. The van der Waals surface area contributed by atoms with Gasteiger partial charge in [0.1, 0.15) is 0 Å². The van der Waals surface area contributed by atoms with Crippen LogP contribution in [0.15, 0.2) is 48.5 Å². The summed E-state index contributed by atoms with van der Waals surface area (Å²) in [6.45, 7) is 2.07. The summed E-state index contributed by atoms with van der Waals surface area (Å²) in [5, 5.41) is 2.31. The summed E-state index contributed by atoms with van der Waals surface area (Å²) in [5.41, 5.74) is 5.16. The van der Waals surface area contributed by atoms with Gasteiger partial charge in [-0.3, -0.25) is 9.59 Å². The van der Waals surface area contributed by atoms with Gasteiger partial charge in [-0.25, -0.2) is 0 Å². The minimum atomic E-state index is -4.65. The number of alkyl halides is 3. The third kappa shape index (κ3) is 7.40. The van der Waals surface area contributed by atoms with Gasteiger partial charge in [-0.15, -0.1) is 12.4 Å². The number of anilines is 1. The van der Waals surface area contributed by atoms with Crippen LogP contribution in [-0.2, 0) is 17.5 Å². The van der Waals surface area contributed by atoms with Crippen molar-refractivity contribution in [2.75, 3.05) is 18.4 Å². The van der Waals surface area contributed by atoms with E-state index in [1.54, 1.807) is 0 Å². The first-order valence-electron chi connectivity index (χ1n) is 8.74. The molecule has 0 bridgehead atoms. The molecule has 0 saturated carbocycles. The van der Waals surface area contributed by atoms with Gasteiger partial charge in [0.05, 0.1) is 5.56 Å². The zero-order valence-electron chi connectivity index (χ0n) is 15.8. The van der Waals surface area contributed by atoms with E-state index in [-0.39, 0.29) is 30.2 Å². The van der Waals surface area contributed by atoms with Gasteiger partial charge in [0.2, 0.25) is 5.91 Å². The second-order valence-corrected chi connectivity index (χ2v) is 6.33. The van der Waals surface area contributed by atoms with Crippen LogP contribution in [0.1, 0.15) is 34.8 Å². The molecule has 0 heterocycles. The molecule has 0 aliphatic heterocycles. The molecular weight excluding hydrogens is 407 g/mol. The first-order valence-corrected chi connectivity index (χ1v) is 8.74. The first kappa shape index (κ1) is 24.5. The van der Waals surface area contributed by atoms with E-state index in [9.17, 15) is 22.8 Å². The van der Waals surface area contributed by atoms with Crippen molar-refractivity contribution in [3.8, 4) is 0 Å². The molecule has 9 heteroatoms. The molecule has 0 fully saturated rings. The Morgan fingerprint density at radius 1 is 1.10 bits per heavy atom. The Morgan fingerprint density at radius 2 is 1.76 bits per heavy atom. The van der Waals surface area contributed by atoms with Crippen LogP contribution in [0.3, 0.4) is 0 Å². The van der Waals surface area contributed by atoms with E-state index in [4.69, 9.17) is 5.73 Å². The lowest BCUT2D eigenvalue weighted by Crippen LogP contribution is -2.32. The fourth-order valence-electron chi connectivity index (χ4n) is 2.71. The van der Waals surface area contributed by atoms with Gasteiger partial charge in [0.25, 0.3) is 5.91 Å². The third-order valence-electron chi connectivity index (χ3n) is 3.96. The molecule has 0 unspecified atom stereocenters. The monoisotopic (exact) mass is 429 g/mol. The second kappa shape index (κ2) is 10.8. The Morgan fingerprint density at radius 3 is 2.31 bits per heavy atom. The van der Waals surface area contributed by atoms with E-state index in [1.165, 1.54) is 17.9 Å². The molecule has 0 aromatic heterocycles.